The first-order valence-corrected chi connectivity index (χ1v) is 3.33. The molecule has 5 heteroatoms. The summed E-state index contributed by atoms with van der Waals surface area (Å²) in [6, 6.07) is 3.70. The highest BCUT2D eigenvalue weighted by Crippen LogP contribution is 2.05. The molecule has 1 aromatic rings. The summed E-state index contributed by atoms with van der Waals surface area (Å²) in [5.41, 5.74) is -0.174. The van der Waals surface area contributed by atoms with Gasteiger partial charge in [0.25, 0.3) is 0 Å². The van der Waals surface area contributed by atoms with E-state index in [0.29, 0.717) is 0 Å². The van der Waals surface area contributed by atoms with Crippen LogP contribution in [0.1, 0.15) is 16.1 Å². The van der Waals surface area contributed by atoms with Crippen molar-refractivity contribution in [3.8, 4) is 6.07 Å². The number of carbonyl (C=O) groups excluding carboxylic acids is 1. The van der Waals surface area contributed by atoms with E-state index in [-0.39, 0.29) is 11.3 Å². The van der Waals surface area contributed by atoms with Gasteiger partial charge in [-0.1, -0.05) is 0 Å². The van der Waals surface area contributed by atoms with Gasteiger partial charge in [-0.25, -0.2) is 9.78 Å². The number of esters is 1. The second kappa shape index (κ2) is 3.63. The first-order chi connectivity index (χ1) is 6.17. The Bertz CT molecular complexity index is 384. The molecule has 0 fully saturated rings. The number of nitriles is 1. The second-order valence-corrected chi connectivity index (χ2v) is 2.17. The van der Waals surface area contributed by atoms with Crippen LogP contribution in [0.25, 0.3) is 0 Å². The number of pyridine rings is 1. The number of methoxy groups -OCH3 is 1. The molecule has 0 aliphatic carbocycles. The van der Waals surface area contributed by atoms with Crippen molar-refractivity contribution in [2.75, 3.05) is 7.11 Å². The Morgan fingerprint density at radius 3 is 2.92 bits per heavy atom. The monoisotopic (exact) mass is 180 g/mol. The van der Waals surface area contributed by atoms with E-state index in [1.54, 1.807) is 6.07 Å². The topological polar surface area (TPSA) is 63.0 Å². The zero-order valence-electron chi connectivity index (χ0n) is 6.74. The van der Waals surface area contributed by atoms with Crippen LogP contribution >= 0.6 is 0 Å². The molecule has 0 saturated carbocycles. The lowest BCUT2D eigenvalue weighted by molar-refractivity contribution is 0.0600. The third-order valence-corrected chi connectivity index (χ3v) is 1.33. The SMILES string of the molecule is COC(=O)c1cc(F)nc(C#N)c1. The Morgan fingerprint density at radius 1 is 1.69 bits per heavy atom. The molecule has 1 heterocycles. The number of nitrogens with zero attached hydrogens (tertiary/aromatic N) is 2. The molecule has 66 valence electrons. The zero-order valence-corrected chi connectivity index (χ0v) is 6.74. The summed E-state index contributed by atoms with van der Waals surface area (Å²) in [4.78, 5) is 14.1. The van der Waals surface area contributed by atoms with Gasteiger partial charge in [0.15, 0.2) is 0 Å². The van der Waals surface area contributed by atoms with Crippen molar-refractivity contribution >= 4 is 5.97 Å². The lowest BCUT2D eigenvalue weighted by atomic mass is 10.2. The third-order valence-electron chi connectivity index (χ3n) is 1.33. The normalized spacial score (nSPS) is 9.00. The van der Waals surface area contributed by atoms with Gasteiger partial charge in [0.1, 0.15) is 11.8 Å². The number of ether oxygens (including phenoxy) is 1. The number of carbonyl (C=O) groups is 1. The third kappa shape index (κ3) is 1.99. The molecular weight excluding hydrogens is 175 g/mol. The molecule has 0 amide bonds. The fraction of sp³-hybridized carbons (Fsp3) is 0.125. The number of rotatable bonds is 1. The fourth-order valence-corrected chi connectivity index (χ4v) is 0.790. The molecule has 0 aliphatic rings. The van der Waals surface area contributed by atoms with Crippen LogP contribution in [0, 0.1) is 17.3 Å². The highest BCUT2D eigenvalue weighted by Gasteiger charge is 2.09. The smallest absolute Gasteiger partial charge is 0.338 e. The second-order valence-electron chi connectivity index (χ2n) is 2.17. The lowest BCUT2D eigenvalue weighted by Gasteiger charge is -1.98. The number of aromatic nitrogens is 1. The van der Waals surface area contributed by atoms with E-state index in [4.69, 9.17) is 5.26 Å². The minimum atomic E-state index is -0.876. The van der Waals surface area contributed by atoms with Crippen LogP contribution in [0.5, 0.6) is 0 Å². The Hall–Kier alpha value is -1.96. The fourth-order valence-electron chi connectivity index (χ4n) is 0.790. The maximum Gasteiger partial charge on any atom is 0.338 e. The summed E-state index contributed by atoms with van der Waals surface area (Å²) >= 11 is 0. The van der Waals surface area contributed by atoms with E-state index in [1.807, 2.05) is 0 Å². The molecule has 0 unspecified atom stereocenters. The summed E-state index contributed by atoms with van der Waals surface area (Å²) < 4.78 is 17.0. The highest BCUT2D eigenvalue weighted by atomic mass is 19.1. The van der Waals surface area contributed by atoms with Crippen molar-refractivity contribution in [1.82, 2.24) is 4.98 Å². The van der Waals surface area contributed by atoms with Crippen LogP contribution in [0.15, 0.2) is 12.1 Å². The number of hydrogen-bond donors (Lipinski definition) is 0. The average Bonchev–Trinajstić information content (AvgIpc) is 2.15. The molecule has 0 spiro atoms. The summed E-state index contributed by atoms with van der Waals surface area (Å²) in [7, 11) is 1.17. The Labute approximate surface area is 73.6 Å². The molecule has 0 bridgehead atoms. The van der Waals surface area contributed by atoms with Crippen molar-refractivity contribution in [1.29, 1.82) is 5.26 Å². The summed E-state index contributed by atoms with van der Waals surface area (Å²) in [6.45, 7) is 0. The van der Waals surface area contributed by atoms with E-state index in [2.05, 4.69) is 9.72 Å². The van der Waals surface area contributed by atoms with Crippen molar-refractivity contribution < 1.29 is 13.9 Å². The molecule has 4 nitrogen and oxygen atoms in total. The highest BCUT2D eigenvalue weighted by molar-refractivity contribution is 5.89. The molecule has 0 N–H and O–H groups in total. The van der Waals surface area contributed by atoms with Crippen molar-refractivity contribution in [2.24, 2.45) is 0 Å². The van der Waals surface area contributed by atoms with E-state index < -0.39 is 11.9 Å². The summed E-state index contributed by atoms with van der Waals surface area (Å²) in [6.07, 6.45) is 0. The van der Waals surface area contributed by atoms with Crippen LogP contribution < -0.4 is 0 Å². The van der Waals surface area contributed by atoms with Crippen LogP contribution in [0.4, 0.5) is 4.39 Å². The van der Waals surface area contributed by atoms with Gasteiger partial charge in [-0.3, -0.25) is 0 Å². The quantitative estimate of drug-likeness (QED) is 0.475. The van der Waals surface area contributed by atoms with Gasteiger partial charge >= 0.3 is 5.97 Å². The molecule has 1 aromatic heterocycles. The lowest BCUT2D eigenvalue weighted by Crippen LogP contribution is -2.03. The zero-order chi connectivity index (χ0) is 9.84. The predicted octanol–water partition coefficient (Wildman–Crippen LogP) is 0.879. The minimum Gasteiger partial charge on any atom is -0.465 e. The Morgan fingerprint density at radius 2 is 2.38 bits per heavy atom. The molecule has 13 heavy (non-hydrogen) atoms. The first kappa shape index (κ1) is 9.13. The molecule has 0 aromatic carbocycles. The molecule has 0 atom stereocenters. The van der Waals surface area contributed by atoms with Gasteiger partial charge in [-0.2, -0.15) is 9.65 Å². The largest absolute Gasteiger partial charge is 0.465 e. The van der Waals surface area contributed by atoms with E-state index in [0.717, 1.165) is 12.1 Å². The van der Waals surface area contributed by atoms with E-state index in [9.17, 15) is 9.18 Å². The molecule has 0 radical (unpaired) electrons. The van der Waals surface area contributed by atoms with Crippen molar-refractivity contribution in [3.05, 3.63) is 29.3 Å². The van der Waals surface area contributed by atoms with Crippen molar-refractivity contribution in [2.45, 2.75) is 0 Å². The molecule has 1 rings (SSSR count). The van der Waals surface area contributed by atoms with E-state index >= 15 is 0 Å². The van der Waals surface area contributed by atoms with E-state index in [1.165, 1.54) is 7.11 Å². The maximum atomic E-state index is 12.6. The predicted molar refractivity (Wildman–Crippen MR) is 40.2 cm³/mol. The first-order valence-electron chi connectivity index (χ1n) is 3.33. The van der Waals surface area contributed by atoms with Crippen LogP contribution in [0.2, 0.25) is 0 Å². The maximum absolute atomic E-state index is 12.6. The standard InChI is InChI=1S/C8H5FN2O2/c1-13-8(12)5-2-6(4-10)11-7(9)3-5/h2-3H,1H3. The molecule has 0 saturated heterocycles. The molecular formula is C8H5FN2O2. The van der Waals surface area contributed by atoms with Crippen LogP contribution in [-0.4, -0.2) is 18.1 Å². The minimum absolute atomic E-state index is 0.0217. The number of halogens is 1. The average molecular weight is 180 g/mol. The summed E-state index contributed by atoms with van der Waals surface area (Å²) in [5, 5.41) is 8.41. The number of hydrogen-bond acceptors (Lipinski definition) is 4. The van der Waals surface area contributed by atoms with Gasteiger partial charge in [0.2, 0.25) is 5.95 Å². The summed E-state index contributed by atoms with van der Waals surface area (Å²) in [5.74, 6) is -1.57. The van der Waals surface area contributed by atoms with Crippen LogP contribution in [-0.2, 0) is 4.74 Å². The van der Waals surface area contributed by atoms with Gasteiger partial charge < -0.3 is 4.74 Å². The Balaban J connectivity index is 3.17. The van der Waals surface area contributed by atoms with Gasteiger partial charge in [-0.15, -0.1) is 0 Å². The van der Waals surface area contributed by atoms with Gasteiger partial charge in [-0.05, 0) is 6.07 Å². The van der Waals surface area contributed by atoms with Crippen molar-refractivity contribution in [3.63, 3.8) is 0 Å². The van der Waals surface area contributed by atoms with Gasteiger partial charge in [0, 0.05) is 6.07 Å². The van der Waals surface area contributed by atoms with Gasteiger partial charge in [0.05, 0.1) is 12.7 Å². The Kier molecular flexibility index (Phi) is 2.55. The molecule has 0 aliphatic heterocycles. The van der Waals surface area contributed by atoms with Crippen LogP contribution in [0.3, 0.4) is 0 Å².